The van der Waals surface area contributed by atoms with E-state index in [1.807, 2.05) is 20.8 Å². The Bertz CT molecular complexity index is 249. The van der Waals surface area contributed by atoms with Crippen molar-refractivity contribution in [1.29, 1.82) is 0 Å². The third-order valence-corrected chi connectivity index (χ3v) is 2.60. The molecule has 0 heterocycles. The normalized spacial score (nSPS) is 14.4. The maximum atomic E-state index is 10.4. The first-order chi connectivity index (χ1) is 8.35. The van der Waals surface area contributed by atoms with Gasteiger partial charge in [-0.15, -0.1) is 0 Å². The lowest BCUT2D eigenvalue weighted by Crippen LogP contribution is -2.36. The molecule has 0 aliphatic heterocycles. The maximum absolute atomic E-state index is 10.4. The van der Waals surface area contributed by atoms with Gasteiger partial charge in [-0.25, -0.2) is 0 Å². The van der Waals surface area contributed by atoms with Crippen molar-refractivity contribution in [2.45, 2.75) is 27.2 Å². The van der Waals surface area contributed by atoms with Crippen molar-refractivity contribution < 1.29 is 9.85 Å². The molecule has 0 aliphatic rings. The van der Waals surface area contributed by atoms with Crippen molar-refractivity contribution in [3.05, 3.63) is 20.2 Å². The van der Waals surface area contributed by atoms with Gasteiger partial charge in [0.2, 0.25) is 13.1 Å². The van der Waals surface area contributed by atoms with Crippen LogP contribution in [0.2, 0.25) is 0 Å². The molecular formula is C11H23N3O4. The summed E-state index contributed by atoms with van der Waals surface area (Å²) in [5, 5.41) is 20.8. The Morgan fingerprint density at radius 3 is 1.67 bits per heavy atom. The zero-order valence-electron chi connectivity index (χ0n) is 11.4. The van der Waals surface area contributed by atoms with Crippen molar-refractivity contribution >= 4 is 0 Å². The Morgan fingerprint density at radius 2 is 1.39 bits per heavy atom. The molecule has 2 atom stereocenters. The summed E-state index contributed by atoms with van der Waals surface area (Å²) in [6.45, 7) is 7.67. The van der Waals surface area contributed by atoms with Crippen LogP contribution < -0.4 is 0 Å². The minimum atomic E-state index is -0.310. The van der Waals surface area contributed by atoms with Gasteiger partial charge < -0.3 is 4.90 Å². The monoisotopic (exact) mass is 261 g/mol. The molecule has 0 bridgehead atoms. The molecule has 0 aromatic carbocycles. The highest BCUT2D eigenvalue weighted by molar-refractivity contribution is 4.65. The second-order valence-electron chi connectivity index (χ2n) is 5.00. The van der Waals surface area contributed by atoms with E-state index < -0.39 is 0 Å². The minimum Gasteiger partial charge on any atom is -0.302 e. The summed E-state index contributed by atoms with van der Waals surface area (Å²) in [6.07, 6.45) is 0.941. The first-order valence-electron chi connectivity index (χ1n) is 6.31. The quantitative estimate of drug-likeness (QED) is 0.439. The summed E-state index contributed by atoms with van der Waals surface area (Å²) in [4.78, 5) is 22.3. The van der Waals surface area contributed by atoms with Crippen LogP contribution in [0.3, 0.4) is 0 Å². The highest BCUT2D eigenvalue weighted by Crippen LogP contribution is 2.06. The van der Waals surface area contributed by atoms with Crippen molar-refractivity contribution in [1.82, 2.24) is 4.90 Å². The van der Waals surface area contributed by atoms with E-state index in [2.05, 4.69) is 4.90 Å². The fourth-order valence-electron chi connectivity index (χ4n) is 2.08. The van der Waals surface area contributed by atoms with Crippen LogP contribution in [0.1, 0.15) is 27.2 Å². The second-order valence-corrected chi connectivity index (χ2v) is 5.00. The first kappa shape index (κ1) is 16.8. The fraction of sp³-hybridized carbons (Fsp3) is 1.00. The molecule has 7 heteroatoms. The zero-order valence-corrected chi connectivity index (χ0v) is 11.4. The van der Waals surface area contributed by atoms with E-state index in [4.69, 9.17) is 0 Å². The number of nitro groups is 2. The van der Waals surface area contributed by atoms with Gasteiger partial charge in [0.05, 0.1) is 0 Å². The molecule has 2 unspecified atom stereocenters. The fourth-order valence-corrected chi connectivity index (χ4v) is 2.08. The van der Waals surface area contributed by atoms with Crippen molar-refractivity contribution in [2.75, 3.05) is 32.7 Å². The molecule has 0 saturated heterocycles. The molecule has 0 fully saturated rings. The predicted octanol–water partition coefficient (Wildman–Crippen LogP) is 1.52. The average Bonchev–Trinajstić information content (AvgIpc) is 2.14. The van der Waals surface area contributed by atoms with Crippen molar-refractivity contribution in [3.63, 3.8) is 0 Å². The lowest BCUT2D eigenvalue weighted by Gasteiger charge is -2.25. The van der Waals surface area contributed by atoms with Crippen LogP contribution in [0, 0.1) is 32.1 Å². The van der Waals surface area contributed by atoms with Crippen LogP contribution in [0.25, 0.3) is 0 Å². The van der Waals surface area contributed by atoms with Gasteiger partial charge in [-0.3, -0.25) is 20.2 Å². The molecule has 0 aromatic rings. The van der Waals surface area contributed by atoms with Crippen LogP contribution in [0.15, 0.2) is 0 Å². The van der Waals surface area contributed by atoms with Gasteiger partial charge in [0.15, 0.2) is 0 Å². The van der Waals surface area contributed by atoms with E-state index in [1.54, 1.807) is 0 Å². The van der Waals surface area contributed by atoms with Crippen LogP contribution in [-0.4, -0.2) is 47.5 Å². The molecule has 0 N–H and O–H groups in total. The Morgan fingerprint density at radius 1 is 1.00 bits per heavy atom. The standard InChI is InChI=1S/C11H23N3O4/c1-4-5-12(6-10(2)8-13(15)16)7-11(3)9-14(17)18/h10-11H,4-9H2,1-3H3. The molecule has 0 aliphatic carbocycles. The van der Waals surface area contributed by atoms with Crippen LogP contribution in [-0.2, 0) is 0 Å². The SMILES string of the molecule is CCCN(CC(C)C[N+](=O)[O-])CC(C)C[N+](=O)[O-]. The number of hydrogen-bond acceptors (Lipinski definition) is 5. The maximum Gasteiger partial charge on any atom is 0.207 e. The van der Waals surface area contributed by atoms with Gasteiger partial charge in [-0.05, 0) is 13.0 Å². The summed E-state index contributed by atoms with van der Waals surface area (Å²) in [5.41, 5.74) is 0. The minimum absolute atomic E-state index is 0.0330. The van der Waals surface area contributed by atoms with Crippen molar-refractivity contribution in [3.8, 4) is 0 Å². The summed E-state index contributed by atoms with van der Waals surface area (Å²) >= 11 is 0. The van der Waals surface area contributed by atoms with Gasteiger partial charge in [-0.2, -0.15) is 0 Å². The van der Waals surface area contributed by atoms with Crippen molar-refractivity contribution in [2.24, 2.45) is 11.8 Å². The van der Waals surface area contributed by atoms with E-state index in [0.29, 0.717) is 13.1 Å². The van der Waals surface area contributed by atoms with Gasteiger partial charge in [0.25, 0.3) is 0 Å². The van der Waals surface area contributed by atoms with Gasteiger partial charge >= 0.3 is 0 Å². The highest BCUT2D eigenvalue weighted by Gasteiger charge is 2.18. The number of hydrogen-bond donors (Lipinski definition) is 0. The molecule has 106 valence electrons. The summed E-state index contributed by atoms with van der Waals surface area (Å²) in [6, 6.07) is 0. The number of nitrogens with zero attached hydrogens (tertiary/aromatic N) is 3. The second kappa shape index (κ2) is 8.79. The third kappa shape index (κ3) is 8.86. The van der Waals surface area contributed by atoms with E-state index >= 15 is 0 Å². The Hall–Kier alpha value is -1.24. The molecule has 0 saturated carbocycles. The summed E-state index contributed by atoms with van der Waals surface area (Å²) < 4.78 is 0. The van der Waals surface area contributed by atoms with Crippen LogP contribution in [0.5, 0.6) is 0 Å². The zero-order chi connectivity index (χ0) is 14.1. The van der Waals surface area contributed by atoms with E-state index in [9.17, 15) is 20.2 Å². The Balaban J connectivity index is 4.20. The smallest absolute Gasteiger partial charge is 0.207 e. The topological polar surface area (TPSA) is 89.5 Å². The molecular weight excluding hydrogens is 238 g/mol. The van der Waals surface area contributed by atoms with Gasteiger partial charge in [0.1, 0.15) is 0 Å². The first-order valence-corrected chi connectivity index (χ1v) is 6.31. The van der Waals surface area contributed by atoms with E-state index in [0.717, 1.165) is 13.0 Å². The highest BCUT2D eigenvalue weighted by atomic mass is 16.6. The summed E-state index contributed by atoms with van der Waals surface area (Å²) in [5.74, 6) is -0.0660. The van der Waals surface area contributed by atoms with Crippen LogP contribution >= 0.6 is 0 Å². The molecule has 0 spiro atoms. The lowest BCUT2D eigenvalue weighted by molar-refractivity contribution is -0.488. The largest absolute Gasteiger partial charge is 0.302 e. The molecule has 0 aromatic heterocycles. The van der Waals surface area contributed by atoms with E-state index in [1.165, 1.54) is 0 Å². The number of rotatable bonds is 10. The molecule has 0 rings (SSSR count). The molecule has 18 heavy (non-hydrogen) atoms. The van der Waals surface area contributed by atoms with Gasteiger partial charge in [0, 0.05) is 34.8 Å². The van der Waals surface area contributed by atoms with Crippen LogP contribution in [0.4, 0.5) is 0 Å². The molecule has 0 radical (unpaired) electrons. The summed E-state index contributed by atoms with van der Waals surface area (Å²) in [7, 11) is 0. The third-order valence-electron chi connectivity index (χ3n) is 2.60. The molecule has 7 nitrogen and oxygen atoms in total. The Labute approximate surface area is 107 Å². The average molecular weight is 261 g/mol. The molecule has 0 amide bonds. The lowest BCUT2D eigenvalue weighted by atomic mass is 10.1. The predicted molar refractivity (Wildman–Crippen MR) is 68.8 cm³/mol. The van der Waals surface area contributed by atoms with Gasteiger partial charge in [-0.1, -0.05) is 20.8 Å². The Kier molecular flexibility index (Phi) is 8.19. The van der Waals surface area contributed by atoms with E-state index in [-0.39, 0.29) is 34.8 Å².